The molecule has 0 aromatic carbocycles. The monoisotopic (exact) mass is 346 g/mol. The van der Waals surface area contributed by atoms with Gasteiger partial charge in [0.05, 0.1) is 5.69 Å². The highest BCUT2D eigenvalue weighted by Gasteiger charge is 2.43. The molecule has 0 bridgehead atoms. The lowest BCUT2D eigenvalue weighted by Gasteiger charge is -2.34. The number of amides is 1. The zero-order chi connectivity index (χ0) is 16.4. The summed E-state index contributed by atoms with van der Waals surface area (Å²) in [6, 6.07) is 0. The normalized spacial score (nSPS) is 20.2. The number of thiazole rings is 1. The first-order valence-electron chi connectivity index (χ1n) is 8.81. The number of tetrazole rings is 1. The molecule has 7 nitrogen and oxygen atoms in total. The van der Waals surface area contributed by atoms with Crippen LogP contribution in [0.2, 0.25) is 0 Å². The van der Waals surface area contributed by atoms with Crippen molar-refractivity contribution in [3.05, 3.63) is 16.9 Å². The predicted octanol–water partition coefficient (Wildman–Crippen LogP) is 2.70. The number of hydrogen-bond donors (Lipinski definition) is 1. The van der Waals surface area contributed by atoms with Crippen LogP contribution in [0.25, 0.3) is 0 Å². The van der Waals surface area contributed by atoms with Gasteiger partial charge >= 0.3 is 0 Å². The molecule has 1 saturated carbocycles. The summed E-state index contributed by atoms with van der Waals surface area (Å²) in [7, 11) is 0. The van der Waals surface area contributed by atoms with Gasteiger partial charge in [0.25, 0.3) is 5.91 Å². The highest BCUT2D eigenvalue weighted by Crippen LogP contribution is 2.36. The van der Waals surface area contributed by atoms with Crippen LogP contribution in [-0.2, 0) is 23.2 Å². The quantitative estimate of drug-likeness (QED) is 0.864. The Kier molecular flexibility index (Phi) is 4.30. The summed E-state index contributed by atoms with van der Waals surface area (Å²) < 4.78 is 1.64. The van der Waals surface area contributed by atoms with Crippen molar-refractivity contribution in [3.8, 4) is 0 Å². The molecule has 8 heteroatoms. The lowest BCUT2D eigenvalue weighted by Crippen LogP contribution is -2.47. The molecule has 1 amide bonds. The fourth-order valence-corrected chi connectivity index (χ4v) is 4.89. The van der Waals surface area contributed by atoms with E-state index in [-0.39, 0.29) is 5.91 Å². The standard InChI is InChI=1S/C16H22N6OS/c23-14(16(9-5-2-6-10-16)22-11-17-20-21-22)19-15-18-12-7-3-1-4-8-13(12)24-15/h11H,1-10H2,(H,18,19,23). The molecule has 2 aliphatic rings. The van der Waals surface area contributed by atoms with Crippen molar-refractivity contribution in [2.24, 2.45) is 0 Å². The van der Waals surface area contributed by atoms with Crippen LogP contribution in [0.1, 0.15) is 61.9 Å². The van der Waals surface area contributed by atoms with Crippen molar-refractivity contribution in [1.29, 1.82) is 0 Å². The summed E-state index contributed by atoms with van der Waals surface area (Å²) >= 11 is 1.63. The molecule has 2 aromatic heterocycles. The van der Waals surface area contributed by atoms with Gasteiger partial charge in [-0.05, 0) is 49.0 Å². The first kappa shape index (κ1) is 15.7. The topological polar surface area (TPSA) is 85.6 Å². The molecule has 0 radical (unpaired) electrons. The van der Waals surface area contributed by atoms with Gasteiger partial charge in [0.2, 0.25) is 0 Å². The molecule has 2 aromatic rings. The average molecular weight is 346 g/mol. The lowest BCUT2D eigenvalue weighted by molar-refractivity contribution is -0.126. The van der Waals surface area contributed by atoms with E-state index in [1.54, 1.807) is 22.3 Å². The summed E-state index contributed by atoms with van der Waals surface area (Å²) in [5.74, 6) is -0.0293. The molecule has 0 saturated heterocycles. The van der Waals surface area contributed by atoms with E-state index in [0.29, 0.717) is 0 Å². The molecular weight excluding hydrogens is 324 g/mol. The first-order chi connectivity index (χ1) is 11.8. The molecule has 0 spiro atoms. The minimum absolute atomic E-state index is 0.0293. The molecule has 4 rings (SSSR count). The third kappa shape index (κ3) is 2.83. The lowest BCUT2D eigenvalue weighted by atomic mass is 9.81. The van der Waals surface area contributed by atoms with Crippen molar-refractivity contribution in [2.45, 2.75) is 69.7 Å². The Bertz CT molecular complexity index is 681. The van der Waals surface area contributed by atoms with Gasteiger partial charge in [-0.3, -0.25) is 10.1 Å². The van der Waals surface area contributed by atoms with Crippen LogP contribution in [-0.4, -0.2) is 31.1 Å². The molecule has 1 N–H and O–H groups in total. The smallest absolute Gasteiger partial charge is 0.254 e. The number of fused-ring (bicyclic) bond motifs is 1. The molecule has 2 heterocycles. The second-order valence-corrected chi connectivity index (χ2v) is 7.83. The van der Waals surface area contributed by atoms with Crippen molar-refractivity contribution in [3.63, 3.8) is 0 Å². The SMILES string of the molecule is O=C(Nc1nc2c(s1)CCCCC2)C1(n2cnnn2)CCCCC1. The minimum atomic E-state index is -0.676. The second kappa shape index (κ2) is 6.58. The van der Waals surface area contributed by atoms with Crippen LogP contribution in [0.15, 0.2) is 6.33 Å². The number of aromatic nitrogens is 5. The number of aryl methyl sites for hydroxylation is 2. The van der Waals surface area contributed by atoms with E-state index < -0.39 is 5.54 Å². The average Bonchev–Trinajstić information content (AvgIpc) is 3.22. The van der Waals surface area contributed by atoms with Crippen LogP contribution in [0.5, 0.6) is 0 Å². The maximum atomic E-state index is 13.1. The van der Waals surface area contributed by atoms with E-state index in [4.69, 9.17) is 0 Å². The summed E-state index contributed by atoms with van der Waals surface area (Å²) in [4.78, 5) is 19.1. The highest BCUT2D eigenvalue weighted by atomic mass is 32.1. The maximum Gasteiger partial charge on any atom is 0.254 e. The molecular formula is C16H22N6OS. The second-order valence-electron chi connectivity index (χ2n) is 6.75. The Hall–Kier alpha value is -1.83. The third-order valence-electron chi connectivity index (χ3n) is 5.21. The van der Waals surface area contributed by atoms with Crippen LogP contribution >= 0.6 is 11.3 Å². The van der Waals surface area contributed by atoms with E-state index in [0.717, 1.165) is 50.1 Å². The van der Waals surface area contributed by atoms with Crippen molar-refractivity contribution < 1.29 is 4.79 Å². The molecule has 0 unspecified atom stereocenters. The van der Waals surface area contributed by atoms with Crippen molar-refractivity contribution in [2.75, 3.05) is 5.32 Å². The molecule has 2 aliphatic carbocycles. The number of nitrogens with zero attached hydrogens (tertiary/aromatic N) is 5. The number of anilines is 1. The molecule has 0 aliphatic heterocycles. The Morgan fingerprint density at radius 1 is 1.12 bits per heavy atom. The van der Waals surface area contributed by atoms with Gasteiger partial charge in [-0.2, -0.15) is 0 Å². The van der Waals surface area contributed by atoms with Crippen molar-refractivity contribution in [1.82, 2.24) is 25.2 Å². The highest BCUT2D eigenvalue weighted by molar-refractivity contribution is 7.15. The van der Waals surface area contributed by atoms with E-state index >= 15 is 0 Å². The molecule has 128 valence electrons. The summed E-state index contributed by atoms with van der Waals surface area (Å²) in [6.07, 6.45) is 12.1. The van der Waals surface area contributed by atoms with Gasteiger partial charge < -0.3 is 0 Å². The fourth-order valence-electron chi connectivity index (χ4n) is 3.85. The van der Waals surface area contributed by atoms with E-state index in [2.05, 4.69) is 25.8 Å². The van der Waals surface area contributed by atoms with Gasteiger partial charge in [-0.1, -0.05) is 25.7 Å². The third-order valence-corrected chi connectivity index (χ3v) is 6.28. The van der Waals surface area contributed by atoms with E-state index in [1.807, 2.05) is 0 Å². The van der Waals surface area contributed by atoms with Crippen LogP contribution in [0.4, 0.5) is 5.13 Å². The fraction of sp³-hybridized carbons (Fsp3) is 0.688. The van der Waals surface area contributed by atoms with Gasteiger partial charge in [-0.15, -0.1) is 16.4 Å². The Labute approximate surface area is 144 Å². The van der Waals surface area contributed by atoms with Crippen LogP contribution in [0, 0.1) is 0 Å². The summed E-state index contributed by atoms with van der Waals surface area (Å²) in [5.41, 5.74) is 0.498. The molecule has 24 heavy (non-hydrogen) atoms. The Balaban J connectivity index is 1.58. The van der Waals surface area contributed by atoms with Gasteiger partial charge in [-0.25, -0.2) is 9.67 Å². The summed E-state index contributed by atoms with van der Waals surface area (Å²) in [6.45, 7) is 0. The van der Waals surface area contributed by atoms with E-state index in [9.17, 15) is 4.79 Å². The number of carbonyl (C=O) groups is 1. The number of rotatable bonds is 3. The van der Waals surface area contributed by atoms with Gasteiger partial charge in [0.1, 0.15) is 11.9 Å². The van der Waals surface area contributed by atoms with Gasteiger partial charge in [0, 0.05) is 4.88 Å². The molecule has 1 fully saturated rings. The Morgan fingerprint density at radius 3 is 2.71 bits per heavy atom. The largest absolute Gasteiger partial charge is 0.300 e. The van der Waals surface area contributed by atoms with Gasteiger partial charge in [0.15, 0.2) is 5.13 Å². The van der Waals surface area contributed by atoms with Crippen LogP contribution in [0.3, 0.4) is 0 Å². The number of nitrogens with one attached hydrogen (secondary N) is 1. The molecule has 0 atom stereocenters. The summed E-state index contributed by atoms with van der Waals surface area (Å²) in [5, 5.41) is 15.3. The predicted molar refractivity (Wildman–Crippen MR) is 90.9 cm³/mol. The van der Waals surface area contributed by atoms with Crippen molar-refractivity contribution >= 4 is 22.4 Å². The zero-order valence-electron chi connectivity index (χ0n) is 13.7. The van der Waals surface area contributed by atoms with E-state index in [1.165, 1.54) is 29.8 Å². The Morgan fingerprint density at radius 2 is 1.92 bits per heavy atom. The first-order valence-corrected chi connectivity index (χ1v) is 9.63. The maximum absolute atomic E-state index is 13.1. The number of carbonyl (C=O) groups excluding carboxylic acids is 1. The number of hydrogen-bond acceptors (Lipinski definition) is 6. The van der Waals surface area contributed by atoms with Crippen LogP contribution < -0.4 is 5.32 Å². The zero-order valence-corrected chi connectivity index (χ0v) is 14.5. The minimum Gasteiger partial charge on any atom is -0.300 e.